The summed E-state index contributed by atoms with van der Waals surface area (Å²) in [7, 11) is 0. The average Bonchev–Trinajstić information content (AvgIpc) is 2.42. The van der Waals surface area contributed by atoms with E-state index in [1.54, 1.807) is 0 Å². The van der Waals surface area contributed by atoms with Gasteiger partial charge in [-0.15, -0.1) is 0 Å². The first kappa shape index (κ1) is 13.3. The van der Waals surface area contributed by atoms with Gasteiger partial charge in [-0.25, -0.2) is 0 Å². The predicted octanol–water partition coefficient (Wildman–Crippen LogP) is 6.15. The first-order valence-electron chi connectivity index (χ1n) is 7.62. The summed E-state index contributed by atoms with van der Waals surface area (Å²) in [5.41, 5.74) is 4.67. The van der Waals surface area contributed by atoms with E-state index in [-0.39, 0.29) is 5.41 Å². The van der Waals surface area contributed by atoms with E-state index in [2.05, 4.69) is 73.1 Å². The number of aryl methyl sites for hydroxylation is 2. The Hall–Kier alpha value is -1.34. The molecule has 0 saturated carbocycles. The van der Waals surface area contributed by atoms with Crippen LogP contribution in [0.25, 0.3) is 21.5 Å². The van der Waals surface area contributed by atoms with Gasteiger partial charge in [-0.05, 0) is 68.6 Å². The summed E-state index contributed by atoms with van der Waals surface area (Å²) in [6.45, 7) is 6.90. The molecule has 1 aliphatic carbocycles. The Kier molecular flexibility index (Phi) is 2.75. The topological polar surface area (TPSA) is 0 Å². The molecule has 0 atom stereocenters. The van der Waals surface area contributed by atoms with E-state index in [1.165, 1.54) is 42.7 Å². The summed E-state index contributed by atoms with van der Waals surface area (Å²) in [5, 5.41) is 5.70. The van der Waals surface area contributed by atoms with Crippen molar-refractivity contribution in [2.45, 2.75) is 39.0 Å². The van der Waals surface area contributed by atoms with E-state index >= 15 is 0 Å². The van der Waals surface area contributed by atoms with Crippen molar-refractivity contribution in [3.63, 3.8) is 0 Å². The largest absolute Gasteiger partial charge is 0.0561 e. The van der Waals surface area contributed by atoms with Gasteiger partial charge in [0.15, 0.2) is 0 Å². The van der Waals surface area contributed by atoms with Gasteiger partial charge in [0, 0.05) is 4.47 Å². The molecule has 106 valence electrons. The second-order valence-corrected chi connectivity index (χ2v) is 8.13. The van der Waals surface area contributed by atoms with E-state index < -0.39 is 0 Å². The van der Waals surface area contributed by atoms with Crippen molar-refractivity contribution < 1.29 is 0 Å². The SMILES string of the molecule is CC(C)(C)c1cc2c3c(ccc4cc(Br)cc(c43)CC2)c1. The molecule has 0 N–H and O–H groups in total. The number of rotatable bonds is 0. The summed E-state index contributed by atoms with van der Waals surface area (Å²) in [4.78, 5) is 0. The van der Waals surface area contributed by atoms with Crippen molar-refractivity contribution in [3.8, 4) is 0 Å². The molecular weight excluding hydrogens is 320 g/mol. The number of hydrogen-bond acceptors (Lipinski definition) is 0. The van der Waals surface area contributed by atoms with Crippen LogP contribution in [0.1, 0.15) is 37.5 Å². The number of benzene rings is 3. The van der Waals surface area contributed by atoms with Crippen molar-refractivity contribution in [1.29, 1.82) is 0 Å². The molecule has 0 saturated heterocycles. The highest BCUT2D eigenvalue weighted by Gasteiger charge is 2.20. The van der Waals surface area contributed by atoms with Gasteiger partial charge in [0.2, 0.25) is 0 Å². The number of hydrogen-bond donors (Lipinski definition) is 0. The molecule has 1 aliphatic rings. The minimum Gasteiger partial charge on any atom is -0.0561 e. The van der Waals surface area contributed by atoms with Crippen LogP contribution < -0.4 is 0 Å². The van der Waals surface area contributed by atoms with Crippen LogP contribution in [-0.4, -0.2) is 0 Å². The van der Waals surface area contributed by atoms with Crippen molar-refractivity contribution in [1.82, 2.24) is 0 Å². The second kappa shape index (κ2) is 4.33. The highest BCUT2D eigenvalue weighted by molar-refractivity contribution is 9.10. The van der Waals surface area contributed by atoms with Crippen LogP contribution >= 0.6 is 15.9 Å². The Balaban J connectivity index is 2.17. The zero-order valence-corrected chi connectivity index (χ0v) is 14.3. The van der Waals surface area contributed by atoms with E-state index in [0.717, 1.165) is 12.8 Å². The van der Waals surface area contributed by atoms with E-state index in [9.17, 15) is 0 Å². The lowest BCUT2D eigenvalue weighted by molar-refractivity contribution is 0.590. The molecule has 0 bridgehead atoms. The first-order valence-corrected chi connectivity index (χ1v) is 8.41. The first-order chi connectivity index (χ1) is 9.93. The molecule has 0 aliphatic heterocycles. The van der Waals surface area contributed by atoms with E-state index in [1.807, 2.05) is 0 Å². The molecule has 0 nitrogen and oxygen atoms in total. The van der Waals surface area contributed by atoms with Gasteiger partial charge in [-0.1, -0.05) is 61.0 Å². The Labute approximate surface area is 134 Å². The summed E-state index contributed by atoms with van der Waals surface area (Å²) >= 11 is 3.65. The van der Waals surface area contributed by atoms with E-state index in [4.69, 9.17) is 0 Å². The molecule has 3 aromatic rings. The van der Waals surface area contributed by atoms with Gasteiger partial charge in [0.05, 0.1) is 0 Å². The minimum atomic E-state index is 0.208. The molecule has 0 fully saturated rings. The van der Waals surface area contributed by atoms with Crippen LogP contribution in [-0.2, 0) is 18.3 Å². The fourth-order valence-electron chi connectivity index (χ4n) is 3.56. The zero-order valence-electron chi connectivity index (χ0n) is 12.8. The maximum Gasteiger partial charge on any atom is 0.0184 e. The lowest BCUT2D eigenvalue weighted by atomic mass is 9.80. The molecule has 0 spiro atoms. The van der Waals surface area contributed by atoms with Gasteiger partial charge < -0.3 is 0 Å². The fourth-order valence-corrected chi connectivity index (χ4v) is 4.08. The third kappa shape index (κ3) is 2.02. The molecule has 0 radical (unpaired) electrons. The van der Waals surface area contributed by atoms with Crippen molar-refractivity contribution in [3.05, 3.63) is 57.6 Å². The Morgan fingerprint density at radius 3 is 2.00 bits per heavy atom. The zero-order chi connectivity index (χ0) is 14.8. The Bertz CT molecular complexity index is 882. The molecule has 0 unspecified atom stereocenters. The minimum absolute atomic E-state index is 0.208. The summed E-state index contributed by atoms with van der Waals surface area (Å²) in [6.07, 6.45) is 2.30. The molecule has 0 amide bonds. The predicted molar refractivity (Wildman–Crippen MR) is 95.3 cm³/mol. The van der Waals surface area contributed by atoms with E-state index in [0.29, 0.717) is 0 Å². The quantitative estimate of drug-likeness (QED) is 0.431. The maximum absolute atomic E-state index is 3.65. The van der Waals surface area contributed by atoms with Gasteiger partial charge in [-0.3, -0.25) is 0 Å². The lowest BCUT2D eigenvalue weighted by Gasteiger charge is -2.25. The van der Waals surface area contributed by atoms with Crippen LogP contribution in [0.15, 0.2) is 40.9 Å². The second-order valence-electron chi connectivity index (χ2n) is 7.21. The van der Waals surface area contributed by atoms with Crippen LogP contribution in [0.5, 0.6) is 0 Å². The number of halogens is 1. The summed E-state index contributed by atoms with van der Waals surface area (Å²) in [6, 6.07) is 13.9. The van der Waals surface area contributed by atoms with Crippen molar-refractivity contribution in [2.75, 3.05) is 0 Å². The van der Waals surface area contributed by atoms with Gasteiger partial charge in [0.25, 0.3) is 0 Å². The molecular formula is C20H19Br. The molecule has 1 heteroatoms. The third-order valence-corrected chi connectivity index (χ3v) is 5.15. The van der Waals surface area contributed by atoms with Crippen LogP contribution in [0.4, 0.5) is 0 Å². The molecule has 4 rings (SSSR count). The summed E-state index contributed by atoms with van der Waals surface area (Å²) in [5.74, 6) is 0. The third-order valence-electron chi connectivity index (χ3n) is 4.69. The Morgan fingerprint density at radius 1 is 0.810 bits per heavy atom. The highest BCUT2D eigenvalue weighted by atomic mass is 79.9. The van der Waals surface area contributed by atoms with Crippen molar-refractivity contribution in [2.24, 2.45) is 0 Å². The molecule has 21 heavy (non-hydrogen) atoms. The normalized spacial score (nSPS) is 14.3. The summed E-state index contributed by atoms with van der Waals surface area (Å²) < 4.78 is 1.19. The smallest absolute Gasteiger partial charge is 0.0184 e. The Morgan fingerprint density at radius 2 is 1.38 bits per heavy atom. The molecule has 3 aromatic carbocycles. The highest BCUT2D eigenvalue weighted by Crippen LogP contribution is 2.39. The standard InChI is InChI=1S/C20H19Br/c1-20(2,3)16-8-12-4-6-14-10-17(21)11-15-7-5-13(9-16)18(12)19(14)15/h4,6,8-11H,5,7H2,1-3H3. The lowest BCUT2D eigenvalue weighted by Crippen LogP contribution is -2.12. The van der Waals surface area contributed by atoms with Gasteiger partial charge in [-0.2, -0.15) is 0 Å². The molecule has 0 aromatic heterocycles. The molecule has 0 heterocycles. The van der Waals surface area contributed by atoms with Gasteiger partial charge in [0.1, 0.15) is 0 Å². The van der Waals surface area contributed by atoms with Gasteiger partial charge >= 0.3 is 0 Å². The van der Waals surface area contributed by atoms with Crippen molar-refractivity contribution >= 4 is 37.5 Å². The average molecular weight is 339 g/mol. The monoisotopic (exact) mass is 338 g/mol. The maximum atomic E-state index is 3.65. The van der Waals surface area contributed by atoms with Crippen LogP contribution in [0.3, 0.4) is 0 Å². The fraction of sp³-hybridized carbons (Fsp3) is 0.300. The van der Waals surface area contributed by atoms with Crippen LogP contribution in [0, 0.1) is 0 Å². The van der Waals surface area contributed by atoms with Crippen LogP contribution in [0.2, 0.25) is 0 Å².